The topological polar surface area (TPSA) is 66.8 Å². The van der Waals surface area contributed by atoms with E-state index in [1.165, 1.54) is 0 Å². The zero-order chi connectivity index (χ0) is 23.1. The Morgan fingerprint density at radius 1 is 1.09 bits per heavy atom. The Morgan fingerprint density at radius 2 is 1.82 bits per heavy atom. The average molecular weight is 542 g/mol. The Hall–Kier alpha value is -1.58. The minimum absolute atomic E-state index is 0. The first-order chi connectivity index (χ1) is 15.9. The van der Waals surface area contributed by atoms with Crippen molar-refractivity contribution in [3.05, 3.63) is 52.5 Å². The molecular weight excluding hydrogens is 513 g/mol. The molecule has 0 unspecified atom stereocenters. The minimum Gasteiger partial charge on any atom is -0.317 e. The van der Waals surface area contributed by atoms with E-state index in [1.807, 2.05) is 12.1 Å². The summed E-state index contributed by atoms with van der Waals surface area (Å²) in [7, 11) is -3.58. The molecule has 6 nitrogen and oxygen atoms in total. The SMILES string of the molecule is Cl.O=C(CCS(=O)(=O)c1ccc2cc(Cl)ccc2c1)[N+]1(CC2=CSC3=NCCN23)CCCCC1. The lowest BCUT2D eigenvalue weighted by Crippen LogP contribution is -2.57. The van der Waals surface area contributed by atoms with Gasteiger partial charge in [-0.15, -0.1) is 12.4 Å². The molecule has 1 amide bonds. The molecule has 0 radical (unpaired) electrons. The first-order valence-corrected chi connectivity index (χ1v) is 14.3. The van der Waals surface area contributed by atoms with Gasteiger partial charge in [0.05, 0.1) is 42.4 Å². The number of quaternary nitrogens is 1. The highest BCUT2D eigenvalue weighted by Gasteiger charge is 2.42. The number of hydrogen-bond donors (Lipinski definition) is 0. The zero-order valence-corrected chi connectivity index (χ0v) is 22.0. The number of carbonyl (C=O) groups excluding carboxylic acids is 1. The van der Waals surface area contributed by atoms with Crippen molar-refractivity contribution < 1.29 is 17.7 Å². The van der Waals surface area contributed by atoms with Crippen molar-refractivity contribution in [3.8, 4) is 0 Å². The molecule has 0 bridgehead atoms. The zero-order valence-electron chi connectivity index (χ0n) is 18.8. The molecule has 2 aromatic rings. The van der Waals surface area contributed by atoms with Crippen LogP contribution in [0.2, 0.25) is 5.02 Å². The molecule has 34 heavy (non-hydrogen) atoms. The lowest BCUT2D eigenvalue weighted by Gasteiger charge is -2.40. The van der Waals surface area contributed by atoms with Crippen LogP contribution in [0, 0.1) is 0 Å². The van der Waals surface area contributed by atoms with Gasteiger partial charge in [-0.25, -0.2) is 13.2 Å². The van der Waals surface area contributed by atoms with Gasteiger partial charge in [-0.1, -0.05) is 35.5 Å². The summed E-state index contributed by atoms with van der Waals surface area (Å²) in [5, 5.41) is 5.45. The number of piperidine rings is 1. The van der Waals surface area contributed by atoms with Gasteiger partial charge in [-0.2, -0.15) is 0 Å². The predicted molar refractivity (Wildman–Crippen MR) is 141 cm³/mol. The van der Waals surface area contributed by atoms with Gasteiger partial charge in [0.25, 0.3) is 0 Å². The highest BCUT2D eigenvalue weighted by Crippen LogP contribution is 2.33. The summed E-state index contributed by atoms with van der Waals surface area (Å²) >= 11 is 7.66. The number of rotatable bonds is 6. The molecule has 182 valence electrons. The molecule has 0 spiro atoms. The van der Waals surface area contributed by atoms with Crippen LogP contribution >= 0.6 is 35.8 Å². The van der Waals surface area contributed by atoms with Crippen molar-refractivity contribution in [1.82, 2.24) is 4.90 Å². The highest BCUT2D eigenvalue weighted by atomic mass is 35.5. The second-order valence-electron chi connectivity index (χ2n) is 8.97. The van der Waals surface area contributed by atoms with Gasteiger partial charge in [-0.05, 0) is 54.3 Å². The lowest BCUT2D eigenvalue weighted by atomic mass is 10.1. The molecule has 10 heteroatoms. The number of amidine groups is 1. The van der Waals surface area contributed by atoms with Crippen molar-refractivity contribution >= 4 is 67.5 Å². The fraction of sp³-hybridized carbons (Fsp3) is 0.417. The smallest absolute Gasteiger partial charge is 0.315 e. The van der Waals surface area contributed by atoms with E-state index in [4.69, 9.17) is 11.6 Å². The molecule has 3 heterocycles. The first kappa shape index (κ1) is 25.5. The van der Waals surface area contributed by atoms with Gasteiger partial charge in [0.1, 0.15) is 6.54 Å². The van der Waals surface area contributed by atoms with Crippen molar-refractivity contribution in [1.29, 1.82) is 0 Å². The van der Waals surface area contributed by atoms with Crippen molar-refractivity contribution in [2.75, 3.05) is 38.5 Å². The molecular formula is C24H28Cl2N3O3S2+. The normalized spacial score (nSPS) is 19.4. The molecule has 3 aliphatic heterocycles. The van der Waals surface area contributed by atoms with Crippen LogP contribution < -0.4 is 0 Å². The average Bonchev–Trinajstić information content (AvgIpc) is 3.43. The second-order valence-corrected chi connectivity index (χ2v) is 12.4. The minimum atomic E-state index is -3.58. The Balaban J connectivity index is 0.00000274. The van der Waals surface area contributed by atoms with Crippen LogP contribution in [0.4, 0.5) is 0 Å². The summed E-state index contributed by atoms with van der Waals surface area (Å²) in [6, 6.07) is 10.4. The largest absolute Gasteiger partial charge is 0.317 e. The molecule has 3 aliphatic rings. The maximum Gasteiger partial charge on any atom is 0.315 e. The van der Waals surface area contributed by atoms with E-state index in [9.17, 15) is 13.2 Å². The van der Waals surface area contributed by atoms with Crippen LogP contribution in [0.1, 0.15) is 25.7 Å². The summed E-state index contributed by atoms with van der Waals surface area (Å²) in [5.74, 6) is -0.142. The quantitative estimate of drug-likeness (QED) is 0.489. The Bertz CT molecular complexity index is 1270. The van der Waals surface area contributed by atoms with Crippen LogP contribution in [-0.4, -0.2) is 67.4 Å². The number of amides is 1. The summed E-state index contributed by atoms with van der Waals surface area (Å²) in [6.07, 6.45) is 3.14. The molecule has 0 aliphatic carbocycles. The Labute approximate surface area is 216 Å². The molecule has 0 atom stereocenters. The molecule has 2 aromatic carbocycles. The van der Waals surface area contributed by atoms with E-state index in [2.05, 4.69) is 15.3 Å². The van der Waals surface area contributed by atoms with E-state index in [0.29, 0.717) is 16.1 Å². The van der Waals surface area contributed by atoms with Crippen LogP contribution in [0.5, 0.6) is 0 Å². The van der Waals surface area contributed by atoms with Gasteiger partial charge in [0, 0.05) is 17.0 Å². The number of benzene rings is 2. The van der Waals surface area contributed by atoms with Crippen LogP contribution in [0.3, 0.4) is 0 Å². The Kier molecular flexibility index (Phi) is 7.64. The van der Waals surface area contributed by atoms with Crippen LogP contribution in [-0.2, 0) is 14.6 Å². The third kappa shape index (κ3) is 5.02. The van der Waals surface area contributed by atoms with Gasteiger partial charge in [0.15, 0.2) is 15.0 Å². The number of likely N-dealkylation sites (tertiary alicyclic amines) is 1. The van der Waals surface area contributed by atoms with E-state index >= 15 is 0 Å². The summed E-state index contributed by atoms with van der Waals surface area (Å²) < 4.78 is 26.6. The highest BCUT2D eigenvalue weighted by molar-refractivity contribution is 8.16. The molecule has 1 saturated heterocycles. The monoisotopic (exact) mass is 540 g/mol. The summed E-state index contributed by atoms with van der Waals surface area (Å²) in [6.45, 7) is 3.84. The number of sulfone groups is 1. The van der Waals surface area contributed by atoms with Crippen molar-refractivity contribution in [2.45, 2.75) is 30.6 Å². The summed E-state index contributed by atoms with van der Waals surface area (Å²) in [4.78, 5) is 20.5. The van der Waals surface area contributed by atoms with Gasteiger partial charge in [-0.3, -0.25) is 9.48 Å². The van der Waals surface area contributed by atoms with Crippen LogP contribution in [0.25, 0.3) is 10.8 Å². The third-order valence-electron chi connectivity index (χ3n) is 6.83. The van der Waals surface area contributed by atoms with Crippen LogP contribution in [0.15, 0.2) is 57.4 Å². The molecule has 0 N–H and O–H groups in total. The number of aliphatic imine (C=N–C) groups is 1. The van der Waals surface area contributed by atoms with E-state index in [1.54, 1.807) is 36.0 Å². The van der Waals surface area contributed by atoms with E-state index in [-0.39, 0.29) is 35.4 Å². The Morgan fingerprint density at radius 3 is 2.62 bits per heavy atom. The third-order valence-corrected chi connectivity index (χ3v) is 9.73. The number of thioether (sulfide) groups is 1. The number of halogens is 2. The standard InChI is InChI=1S/C24H27ClN3O3S2.ClH/c25-20-6-4-19-15-22(7-5-18(19)14-20)33(30,31)13-8-23(29)28(11-2-1-3-12-28)16-21-17-32-24-26-9-10-27(21)24;/h4-7,14-15,17H,1-3,8-13,16H2;1H/q+1;. The van der Waals surface area contributed by atoms with Crippen molar-refractivity contribution in [2.24, 2.45) is 4.99 Å². The molecule has 0 saturated carbocycles. The maximum absolute atomic E-state index is 13.5. The second kappa shape index (κ2) is 10.2. The number of fused-ring (bicyclic) bond motifs is 2. The van der Waals surface area contributed by atoms with E-state index < -0.39 is 9.84 Å². The molecule has 1 fully saturated rings. The predicted octanol–water partition coefficient (Wildman–Crippen LogP) is 4.87. The fourth-order valence-electron chi connectivity index (χ4n) is 4.99. The van der Waals surface area contributed by atoms with Gasteiger partial charge >= 0.3 is 5.91 Å². The fourth-order valence-corrected chi connectivity index (χ4v) is 7.38. The summed E-state index contributed by atoms with van der Waals surface area (Å²) in [5.41, 5.74) is 1.14. The number of nitrogens with zero attached hydrogens (tertiary/aromatic N) is 3. The first-order valence-electron chi connectivity index (χ1n) is 11.4. The van der Waals surface area contributed by atoms with Gasteiger partial charge < -0.3 is 4.90 Å². The molecule has 0 aromatic heterocycles. The van der Waals surface area contributed by atoms with Crippen molar-refractivity contribution in [3.63, 3.8) is 0 Å². The van der Waals surface area contributed by atoms with Gasteiger partial charge in [0.2, 0.25) is 0 Å². The van der Waals surface area contributed by atoms with E-state index in [0.717, 1.165) is 67.1 Å². The number of hydrogen-bond acceptors (Lipinski definition) is 6. The lowest BCUT2D eigenvalue weighted by molar-refractivity contribution is -0.855. The number of carbonyl (C=O) groups is 1. The maximum atomic E-state index is 13.5. The molecule has 5 rings (SSSR count).